The Morgan fingerprint density at radius 1 is 1.24 bits per heavy atom. The van der Waals surface area contributed by atoms with Crippen LogP contribution in [0.1, 0.15) is 5.56 Å². The average molecular weight is 304 g/mol. The summed E-state index contributed by atoms with van der Waals surface area (Å²) in [6.07, 6.45) is 0. The lowest BCUT2D eigenvalue weighted by molar-refractivity contribution is -0.118. The third-order valence-electron chi connectivity index (χ3n) is 2.63. The lowest BCUT2D eigenvalue weighted by Gasteiger charge is -2.11. The number of hydrogen-bond acceptors (Lipinski definition) is 3. The molecule has 0 fully saturated rings. The molecular formula is C15H13FN2O2S. The van der Waals surface area contributed by atoms with Crippen molar-refractivity contribution in [2.75, 3.05) is 11.9 Å². The highest BCUT2D eigenvalue weighted by Crippen LogP contribution is 2.17. The number of nitrogens with two attached hydrogens (primary N) is 1. The SMILES string of the molecule is NC(=S)c1cc(F)ccc1NC(=O)COc1ccccc1. The first-order valence-electron chi connectivity index (χ1n) is 6.13. The van der Waals surface area contributed by atoms with Crippen LogP contribution in [0.25, 0.3) is 0 Å². The summed E-state index contributed by atoms with van der Waals surface area (Å²) < 4.78 is 18.5. The molecule has 108 valence electrons. The van der Waals surface area contributed by atoms with Crippen molar-refractivity contribution in [3.05, 3.63) is 59.9 Å². The minimum atomic E-state index is -0.476. The second kappa shape index (κ2) is 6.81. The molecule has 0 heterocycles. The molecule has 0 saturated carbocycles. The monoisotopic (exact) mass is 304 g/mol. The number of rotatable bonds is 5. The number of para-hydroxylation sites is 1. The molecule has 21 heavy (non-hydrogen) atoms. The number of nitrogens with one attached hydrogen (secondary N) is 1. The topological polar surface area (TPSA) is 64.3 Å². The van der Waals surface area contributed by atoms with Gasteiger partial charge >= 0.3 is 0 Å². The van der Waals surface area contributed by atoms with E-state index in [4.69, 9.17) is 22.7 Å². The minimum Gasteiger partial charge on any atom is -0.484 e. The van der Waals surface area contributed by atoms with E-state index in [2.05, 4.69) is 5.32 Å². The number of anilines is 1. The Kier molecular flexibility index (Phi) is 4.84. The molecule has 2 aromatic carbocycles. The van der Waals surface area contributed by atoms with Gasteiger partial charge in [-0.25, -0.2) is 4.39 Å². The standard InChI is InChI=1S/C15H13FN2O2S/c16-10-6-7-13(12(8-10)15(17)21)18-14(19)9-20-11-4-2-1-3-5-11/h1-8H,9H2,(H2,17,21)(H,18,19). The summed E-state index contributed by atoms with van der Waals surface area (Å²) in [5.41, 5.74) is 6.13. The molecule has 4 nitrogen and oxygen atoms in total. The Morgan fingerprint density at radius 2 is 1.95 bits per heavy atom. The second-order valence-electron chi connectivity index (χ2n) is 4.20. The van der Waals surface area contributed by atoms with Gasteiger partial charge in [-0.1, -0.05) is 30.4 Å². The van der Waals surface area contributed by atoms with Crippen LogP contribution in [-0.2, 0) is 4.79 Å². The van der Waals surface area contributed by atoms with Gasteiger partial charge in [0.1, 0.15) is 16.6 Å². The molecule has 3 N–H and O–H groups in total. The molecule has 0 atom stereocenters. The van der Waals surface area contributed by atoms with Crippen LogP contribution < -0.4 is 15.8 Å². The lowest BCUT2D eigenvalue weighted by atomic mass is 10.1. The largest absolute Gasteiger partial charge is 0.484 e. The molecule has 2 rings (SSSR count). The predicted octanol–water partition coefficient (Wildman–Crippen LogP) is 2.48. The van der Waals surface area contributed by atoms with Gasteiger partial charge < -0.3 is 15.8 Å². The third kappa shape index (κ3) is 4.25. The van der Waals surface area contributed by atoms with Crippen LogP contribution in [0.3, 0.4) is 0 Å². The fourth-order valence-corrected chi connectivity index (χ4v) is 1.85. The number of amides is 1. The molecule has 6 heteroatoms. The van der Waals surface area contributed by atoms with Gasteiger partial charge in [0.15, 0.2) is 6.61 Å². The van der Waals surface area contributed by atoms with Gasteiger partial charge in [-0.2, -0.15) is 0 Å². The number of thiocarbonyl (C=S) groups is 1. The van der Waals surface area contributed by atoms with E-state index in [0.717, 1.165) is 0 Å². The quantitative estimate of drug-likeness (QED) is 0.833. The lowest BCUT2D eigenvalue weighted by Crippen LogP contribution is -2.22. The van der Waals surface area contributed by atoms with E-state index in [0.29, 0.717) is 11.4 Å². The zero-order chi connectivity index (χ0) is 15.2. The minimum absolute atomic E-state index is 0.00813. The average Bonchev–Trinajstić information content (AvgIpc) is 2.48. The Morgan fingerprint density at radius 3 is 2.62 bits per heavy atom. The summed E-state index contributed by atoms with van der Waals surface area (Å²) >= 11 is 4.83. The van der Waals surface area contributed by atoms with Crippen LogP contribution in [-0.4, -0.2) is 17.5 Å². The Labute approximate surface area is 126 Å². The van der Waals surface area contributed by atoms with Crippen molar-refractivity contribution in [3.8, 4) is 5.75 Å². The maximum atomic E-state index is 13.2. The van der Waals surface area contributed by atoms with Gasteiger partial charge in [0.2, 0.25) is 0 Å². The predicted molar refractivity (Wildman–Crippen MR) is 82.9 cm³/mol. The summed E-state index contributed by atoms with van der Waals surface area (Å²) in [5.74, 6) is -0.277. The number of halogens is 1. The molecule has 0 aliphatic carbocycles. The molecule has 0 aliphatic rings. The third-order valence-corrected chi connectivity index (χ3v) is 2.85. The zero-order valence-corrected chi connectivity index (χ0v) is 11.8. The van der Waals surface area contributed by atoms with Gasteiger partial charge in [-0.15, -0.1) is 0 Å². The van der Waals surface area contributed by atoms with Crippen LogP contribution in [0.5, 0.6) is 5.75 Å². The molecule has 0 spiro atoms. The first-order valence-corrected chi connectivity index (χ1v) is 6.54. The van der Waals surface area contributed by atoms with Crippen molar-refractivity contribution >= 4 is 28.8 Å². The summed E-state index contributed by atoms with van der Waals surface area (Å²) in [4.78, 5) is 11.8. The first kappa shape index (κ1) is 14.9. The Balaban J connectivity index is 2.01. The van der Waals surface area contributed by atoms with E-state index in [1.54, 1.807) is 24.3 Å². The van der Waals surface area contributed by atoms with E-state index in [1.807, 2.05) is 6.07 Å². The van der Waals surface area contributed by atoms with Crippen molar-refractivity contribution < 1.29 is 13.9 Å². The molecule has 0 bridgehead atoms. The Bertz CT molecular complexity index is 662. The van der Waals surface area contributed by atoms with Crippen LogP contribution in [0.4, 0.5) is 10.1 Å². The van der Waals surface area contributed by atoms with Crippen molar-refractivity contribution in [2.45, 2.75) is 0 Å². The smallest absolute Gasteiger partial charge is 0.262 e. The number of carbonyl (C=O) groups excluding carboxylic acids is 1. The van der Waals surface area contributed by atoms with Gasteiger partial charge in [-0.3, -0.25) is 4.79 Å². The summed E-state index contributed by atoms with van der Waals surface area (Å²) in [6, 6.07) is 12.7. The van der Waals surface area contributed by atoms with Crippen molar-refractivity contribution in [3.63, 3.8) is 0 Å². The summed E-state index contributed by atoms with van der Waals surface area (Å²) in [7, 11) is 0. The molecule has 0 aliphatic heterocycles. The number of carbonyl (C=O) groups is 1. The molecule has 1 amide bonds. The fourth-order valence-electron chi connectivity index (χ4n) is 1.68. The first-order chi connectivity index (χ1) is 10.1. The highest BCUT2D eigenvalue weighted by Gasteiger charge is 2.10. The molecule has 0 aromatic heterocycles. The number of benzene rings is 2. The van der Waals surface area contributed by atoms with Crippen LogP contribution in [0.15, 0.2) is 48.5 Å². The molecule has 2 aromatic rings. The van der Waals surface area contributed by atoms with Crippen LogP contribution in [0.2, 0.25) is 0 Å². The van der Waals surface area contributed by atoms with E-state index in [9.17, 15) is 9.18 Å². The van der Waals surface area contributed by atoms with E-state index in [-0.39, 0.29) is 23.1 Å². The summed E-state index contributed by atoms with van der Waals surface area (Å²) in [6.45, 7) is -0.168. The molecule has 0 saturated heterocycles. The van der Waals surface area contributed by atoms with Crippen LogP contribution >= 0.6 is 12.2 Å². The van der Waals surface area contributed by atoms with Gasteiger partial charge in [0, 0.05) is 5.56 Å². The highest BCUT2D eigenvalue weighted by molar-refractivity contribution is 7.80. The van der Waals surface area contributed by atoms with Crippen molar-refractivity contribution in [2.24, 2.45) is 5.73 Å². The van der Waals surface area contributed by atoms with Crippen molar-refractivity contribution in [1.29, 1.82) is 0 Å². The van der Waals surface area contributed by atoms with E-state index < -0.39 is 5.82 Å². The fraction of sp³-hybridized carbons (Fsp3) is 0.0667. The zero-order valence-electron chi connectivity index (χ0n) is 11.0. The number of hydrogen-bond donors (Lipinski definition) is 2. The van der Waals surface area contributed by atoms with Gasteiger partial charge in [0.25, 0.3) is 5.91 Å². The van der Waals surface area contributed by atoms with E-state index >= 15 is 0 Å². The highest BCUT2D eigenvalue weighted by atomic mass is 32.1. The Hall–Kier alpha value is -2.47. The van der Waals surface area contributed by atoms with Gasteiger partial charge in [-0.05, 0) is 30.3 Å². The van der Waals surface area contributed by atoms with E-state index in [1.165, 1.54) is 18.2 Å². The normalized spacial score (nSPS) is 9.95. The maximum absolute atomic E-state index is 13.2. The number of ether oxygens (including phenoxy) is 1. The van der Waals surface area contributed by atoms with Crippen LogP contribution in [0, 0.1) is 5.82 Å². The second-order valence-corrected chi connectivity index (χ2v) is 4.64. The van der Waals surface area contributed by atoms with Gasteiger partial charge in [0.05, 0.1) is 5.69 Å². The summed E-state index contributed by atoms with van der Waals surface area (Å²) in [5, 5.41) is 2.59. The maximum Gasteiger partial charge on any atom is 0.262 e. The molecule has 0 radical (unpaired) electrons. The molecular weight excluding hydrogens is 291 g/mol. The van der Waals surface area contributed by atoms with Crippen molar-refractivity contribution in [1.82, 2.24) is 0 Å². The molecule has 0 unspecified atom stereocenters.